The number of nitrogens with zero attached hydrogens (tertiary/aromatic N) is 1. The van der Waals surface area contributed by atoms with Gasteiger partial charge in [-0.3, -0.25) is 10.3 Å². The Labute approximate surface area is 392 Å². The van der Waals surface area contributed by atoms with E-state index in [1.165, 1.54) is 11.1 Å². The largest absolute Gasteiger partial charge is 0.507 e. The van der Waals surface area contributed by atoms with Gasteiger partial charge in [-0.05, 0) is 134 Å². The summed E-state index contributed by atoms with van der Waals surface area (Å²) in [4.78, 5) is 4.69. The number of fused-ring (bicyclic) bond motifs is 8. The number of likely N-dealkylation sites (N-methyl/N-ethyl adjacent to an activating group) is 1. The predicted octanol–water partition coefficient (Wildman–Crippen LogP) is 3.82. The van der Waals surface area contributed by atoms with Crippen LogP contribution in [-0.4, -0.2) is 116 Å². The Bertz CT molecular complexity index is 2650. The van der Waals surface area contributed by atoms with Crippen molar-refractivity contribution in [3.8, 4) is 39.9 Å². The van der Waals surface area contributed by atoms with Crippen molar-refractivity contribution in [2.45, 2.75) is 88.1 Å². The number of nitrogens with one attached hydrogen (secondary N) is 4. The van der Waals surface area contributed by atoms with E-state index in [9.17, 15) is 25.5 Å². The highest BCUT2D eigenvalue weighted by molar-refractivity contribution is 5.89. The Kier molecular flexibility index (Phi) is 13.7. The van der Waals surface area contributed by atoms with Crippen LogP contribution in [0.4, 0.5) is 0 Å². The zero-order valence-electron chi connectivity index (χ0n) is 39.4. The number of aliphatic hydroxyl groups is 3. The van der Waals surface area contributed by atoms with Crippen LogP contribution in [-0.2, 0) is 24.0 Å². The van der Waals surface area contributed by atoms with Crippen molar-refractivity contribution < 1.29 is 44.5 Å². The van der Waals surface area contributed by atoms with Gasteiger partial charge in [0.05, 0.1) is 37.4 Å². The molecule has 4 aromatic carbocycles. The third-order valence-corrected chi connectivity index (χ3v) is 14.1. The average molecular weight is 918 g/mol. The van der Waals surface area contributed by atoms with E-state index in [1.54, 1.807) is 18.2 Å². The minimum atomic E-state index is -1.06. The van der Waals surface area contributed by atoms with Crippen LogP contribution in [0.3, 0.4) is 0 Å². The van der Waals surface area contributed by atoms with E-state index in [-0.39, 0.29) is 55.6 Å². The maximum absolute atomic E-state index is 11.7. The molecule has 358 valence electrons. The van der Waals surface area contributed by atoms with E-state index >= 15 is 0 Å². The van der Waals surface area contributed by atoms with Gasteiger partial charge in [0, 0.05) is 60.9 Å². The molecular weight excluding hydrogens is 851 g/mol. The summed E-state index contributed by atoms with van der Waals surface area (Å²) < 4.78 is 27.3. The summed E-state index contributed by atoms with van der Waals surface area (Å²) in [5.74, 6) is 2.01. The van der Waals surface area contributed by atoms with E-state index in [2.05, 4.69) is 65.5 Å². The molecule has 0 aromatic heterocycles. The maximum Gasteiger partial charge on any atom is 0.161 e. The maximum atomic E-state index is 11.7. The van der Waals surface area contributed by atoms with Gasteiger partial charge in [0.1, 0.15) is 35.6 Å². The number of benzene rings is 4. The van der Waals surface area contributed by atoms with Crippen LogP contribution in [0.1, 0.15) is 90.5 Å². The first-order valence-corrected chi connectivity index (χ1v) is 23.9. The smallest absolute Gasteiger partial charge is 0.161 e. The van der Waals surface area contributed by atoms with Crippen molar-refractivity contribution in [2.24, 2.45) is 10.9 Å². The van der Waals surface area contributed by atoms with Gasteiger partial charge in [0.25, 0.3) is 0 Å². The second-order valence-electron chi connectivity index (χ2n) is 19.6. The molecule has 9 rings (SSSR count). The van der Waals surface area contributed by atoms with Gasteiger partial charge < -0.3 is 60.4 Å². The summed E-state index contributed by atoms with van der Waals surface area (Å²) in [6, 6.07) is 15.6. The van der Waals surface area contributed by atoms with Crippen LogP contribution in [0.25, 0.3) is 23.3 Å². The molecule has 5 aliphatic rings. The number of aromatic hydroxyl groups is 2. The Morgan fingerprint density at radius 3 is 2.54 bits per heavy atom. The molecule has 3 aliphatic heterocycles. The molecule has 0 saturated carbocycles. The van der Waals surface area contributed by atoms with E-state index in [0.717, 1.165) is 55.3 Å². The van der Waals surface area contributed by atoms with Gasteiger partial charge in [0.2, 0.25) is 0 Å². The summed E-state index contributed by atoms with van der Waals surface area (Å²) in [5, 5.41) is 69.8. The molecule has 2 aliphatic carbocycles. The lowest BCUT2D eigenvalue weighted by atomic mass is 9.62. The first-order chi connectivity index (χ1) is 32.4. The molecule has 0 radical (unpaired) electrons. The summed E-state index contributed by atoms with van der Waals surface area (Å²) >= 11 is 0. The number of hydrogen-bond donors (Lipinski definition) is 9. The van der Waals surface area contributed by atoms with E-state index in [0.29, 0.717) is 82.2 Å². The van der Waals surface area contributed by atoms with Gasteiger partial charge in [-0.15, -0.1) is 0 Å². The molecule has 3 heterocycles. The Morgan fingerprint density at radius 1 is 0.940 bits per heavy atom. The number of aliphatic hydroxyl groups excluding tert-OH is 2. The highest BCUT2D eigenvalue weighted by Gasteiger charge is 2.51. The summed E-state index contributed by atoms with van der Waals surface area (Å²) in [5.41, 5.74) is 7.98. The zero-order chi connectivity index (χ0) is 47.0. The third kappa shape index (κ3) is 9.06. The van der Waals surface area contributed by atoms with Crippen LogP contribution >= 0.6 is 0 Å². The molecule has 0 amide bonds. The van der Waals surface area contributed by atoms with E-state index in [4.69, 9.17) is 23.9 Å². The number of phenols is 2. The first kappa shape index (κ1) is 47.1. The van der Waals surface area contributed by atoms with Gasteiger partial charge in [-0.2, -0.15) is 0 Å². The van der Waals surface area contributed by atoms with Crippen LogP contribution in [0, 0.1) is 5.92 Å². The topological polar surface area (TPSA) is 199 Å². The second kappa shape index (κ2) is 19.5. The van der Waals surface area contributed by atoms with Crippen LogP contribution < -0.4 is 46.1 Å². The lowest BCUT2D eigenvalue weighted by Gasteiger charge is -2.48. The normalized spacial score (nSPS) is 23.0. The fourth-order valence-corrected chi connectivity index (χ4v) is 11.5. The van der Waals surface area contributed by atoms with Gasteiger partial charge in [-0.1, -0.05) is 38.1 Å². The monoisotopic (exact) mass is 917 g/mol. The molecule has 9 N–H and O–H groups in total. The van der Waals surface area contributed by atoms with Crippen molar-refractivity contribution in [3.63, 3.8) is 0 Å². The van der Waals surface area contributed by atoms with Crippen molar-refractivity contribution in [1.82, 2.24) is 21.3 Å². The summed E-state index contributed by atoms with van der Waals surface area (Å²) in [6.45, 7) is 8.28. The molecule has 14 nitrogen and oxygen atoms in total. The Hall–Kier alpha value is -5.03. The number of hydrogen-bond acceptors (Lipinski definition) is 14. The molecule has 14 heteroatoms. The van der Waals surface area contributed by atoms with E-state index in [1.807, 2.05) is 33.2 Å². The third-order valence-electron chi connectivity index (χ3n) is 14.1. The molecule has 0 fully saturated rings. The lowest BCUT2D eigenvalue weighted by Crippen LogP contribution is -2.56. The minimum absolute atomic E-state index is 0.00300. The van der Waals surface area contributed by atoms with Gasteiger partial charge in [-0.25, -0.2) is 0 Å². The standard InChI is InChI=1S/C53H67N5O9/c1-30(2)22-52(3,63)26-56-28-57-27-53(65-29-55-5)23-41-38-21-40-46(32-6-11-42-31(18-32)14-15-58-42)34(24-54-4)19-39-43(61)13-10-36(47(39)40)48(38)50-37(9-8-35(25-60)66-50)49(41)67-51(53)33-7-12-44(62)45(20-33)64-17-16-59/h6-7,10-14,18-20,30,35,40,46,51,54-57,59-63H,8-9,15-17,21-29H2,1-5H3. The number of phenolic OH excluding ortho intramolecular Hbond substituents is 2. The highest BCUT2D eigenvalue weighted by Crippen LogP contribution is 2.61. The summed E-state index contributed by atoms with van der Waals surface area (Å²) in [6.07, 6.45) is 6.06. The molecule has 0 spiro atoms. The first-order valence-electron chi connectivity index (χ1n) is 23.9. The van der Waals surface area contributed by atoms with Crippen LogP contribution in [0.15, 0.2) is 59.1 Å². The highest BCUT2D eigenvalue weighted by atomic mass is 16.6. The second-order valence-corrected chi connectivity index (χ2v) is 19.6. The molecule has 67 heavy (non-hydrogen) atoms. The summed E-state index contributed by atoms with van der Waals surface area (Å²) in [7, 11) is 3.80. The molecule has 4 aromatic rings. The Balaban J connectivity index is 1.23. The molecule has 6 unspecified atom stereocenters. The fourth-order valence-electron chi connectivity index (χ4n) is 11.5. The minimum Gasteiger partial charge on any atom is -0.507 e. The van der Waals surface area contributed by atoms with Crippen molar-refractivity contribution in [1.29, 1.82) is 0 Å². The predicted molar refractivity (Wildman–Crippen MR) is 257 cm³/mol. The molecule has 0 bridgehead atoms. The molecule has 0 saturated heterocycles. The van der Waals surface area contributed by atoms with Gasteiger partial charge in [0.15, 0.2) is 17.6 Å². The van der Waals surface area contributed by atoms with Gasteiger partial charge >= 0.3 is 0 Å². The van der Waals surface area contributed by atoms with Crippen LogP contribution in [0.5, 0.6) is 28.7 Å². The van der Waals surface area contributed by atoms with Crippen molar-refractivity contribution in [3.05, 3.63) is 104 Å². The van der Waals surface area contributed by atoms with Crippen molar-refractivity contribution in [2.75, 3.05) is 73.5 Å². The van der Waals surface area contributed by atoms with Crippen molar-refractivity contribution >= 4 is 12.2 Å². The lowest BCUT2D eigenvalue weighted by molar-refractivity contribution is -0.129. The molecular formula is C53H67N5O9. The number of ether oxygens (including phenoxy) is 4. The fraction of sp³-hybridized carbons (Fsp3) is 0.491. The average Bonchev–Trinajstić information content (AvgIpc) is 3.79. The SMILES string of the molecule is CNCOC1(CNCNCC(C)(O)CC(C)C)Cc2c3c(c4c(c2OC1c1ccc(O)c(OCCO)c1)CCC(CO)O4)-c1ccc(O)c2c1C(C3)C(c1ccc3c(c1)=CCN=3)C(CNC)=C2. The van der Waals surface area contributed by atoms with Crippen LogP contribution in [0.2, 0.25) is 0 Å². The van der Waals surface area contributed by atoms with E-state index < -0.39 is 23.4 Å². The Morgan fingerprint density at radius 2 is 1.76 bits per heavy atom. The zero-order valence-corrected chi connectivity index (χ0v) is 39.4. The number of rotatable bonds is 19. The molecule has 6 atom stereocenters. The quantitative estimate of drug-likeness (QED) is 0.0487.